The first-order valence-corrected chi connectivity index (χ1v) is 6.51. The summed E-state index contributed by atoms with van der Waals surface area (Å²) in [5, 5.41) is 15.6. The Balaban J connectivity index is 1.53. The summed E-state index contributed by atoms with van der Waals surface area (Å²) in [6.07, 6.45) is 3.76. The van der Waals surface area contributed by atoms with Crippen LogP contribution in [0.25, 0.3) is 0 Å². The summed E-state index contributed by atoms with van der Waals surface area (Å²) < 4.78 is 5.23. The number of amides is 1. The molecule has 17 heavy (non-hydrogen) atoms. The van der Waals surface area contributed by atoms with Crippen LogP contribution in [0.3, 0.4) is 0 Å². The number of carbonyl (C=O) groups excluding carboxylic acids is 1. The van der Waals surface area contributed by atoms with Gasteiger partial charge in [0.15, 0.2) is 0 Å². The summed E-state index contributed by atoms with van der Waals surface area (Å²) in [4.78, 5) is 11.6. The van der Waals surface area contributed by atoms with Gasteiger partial charge in [0.2, 0.25) is 5.91 Å². The van der Waals surface area contributed by atoms with Gasteiger partial charge in [-0.15, -0.1) is 0 Å². The standard InChI is InChI=1S/C12H22N2O3/c15-11(9-1-2-9)7-13-8-12(16)14-10-3-5-17-6-4-10/h9-11,13,15H,1-8H2,(H,14,16). The first kappa shape index (κ1) is 12.8. The topological polar surface area (TPSA) is 70.6 Å². The van der Waals surface area contributed by atoms with Crippen LogP contribution in [0.5, 0.6) is 0 Å². The first-order chi connectivity index (χ1) is 8.25. The minimum Gasteiger partial charge on any atom is -0.392 e. The van der Waals surface area contributed by atoms with Gasteiger partial charge in [-0.3, -0.25) is 4.79 Å². The monoisotopic (exact) mass is 242 g/mol. The zero-order valence-corrected chi connectivity index (χ0v) is 10.2. The summed E-state index contributed by atoms with van der Waals surface area (Å²) in [5.74, 6) is 0.473. The third-order valence-corrected chi connectivity index (χ3v) is 3.39. The Kier molecular flexibility index (Phi) is 4.76. The normalized spacial score (nSPS) is 23.4. The third kappa shape index (κ3) is 4.61. The average Bonchev–Trinajstić information content (AvgIpc) is 3.14. The van der Waals surface area contributed by atoms with Crippen molar-refractivity contribution in [3.63, 3.8) is 0 Å². The van der Waals surface area contributed by atoms with Crippen LogP contribution in [0.2, 0.25) is 0 Å². The van der Waals surface area contributed by atoms with Crippen LogP contribution in [0, 0.1) is 5.92 Å². The van der Waals surface area contributed by atoms with Gasteiger partial charge >= 0.3 is 0 Å². The largest absolute Gasteiger partial charge is 0.392 e. The average molecular weight is 242 g/mol. The molecule has 2 aliphatic rings. The van der Waals surface area contributed by atoms with E-state index < -0.39 is 0 Å². The number of carbonyl (C=O) groups is 1. The molecule has 0 bridgehead atoms. The highest BCUT2D eigenvalue weighted by molar-refractivity contribution is 5.78. The number of hydrogen-bond acceptors (Lipinski definition) is 4. The van der Waals surface area contributed by atoms with Crippen molar-refractivity contribution in [2.24, 2.45) is 5.92 Å². The second-order valence-corrected chi connectivity index (χ2v) is 4.99. The Morgan fingerprint density at radius 2 is 2.00 bits per heavy atom. The molecule has 0 aromatic carbocycles. The van der Waals surface area contributed by atoms with Gasteiger partial charge in [0.05, 0.1) is 12.6 Å². The van der Waals surface area contributed by atoms with Gasteiger partial charge in [0.25, 0.3) is 0 Å². The predicted octanol–water partition coefficient (Wildman–Crippen LogP) is -0.358. The number of hydrogen-bond donors (Lipinski definition) is 3. The second-order valence-electron chi connectivity index (χ2n) is 4.99. The summed E-state index contributed by atoms with van der Waals surface area (Å²) in [5.41, 5.74) is 0. The van der Waals surface area contributed by atoms with E-state index in [1.54, 1.807) is 0 Å². The van der Waals surface area contributed by atoms with Crippen molar-refractivity contribution in [1.29, 1.82) is 0 Å². The number of ether oxygens (including phenoxy) is 1. The molecule has 2 rings (SSSR count). The van der Waals surface area contributed by atoms with Crippen molar-refractivity contribution >= 4 is 5.91 Å². The minimum atomic E-state index is -0.286. The van der Waals surface area contributed by atoms with E-state index in [0.29, 0.717) is 19.0 Å². The maximum atomic E-state index is 11.6. The van der Waals surface area contributed by atoms with Crippen molar-refractivity contribution in [3.8, 4) is 0 Å². The minimum absolute atomic E-state index is 0.0138. The Hall–Kier alpha value is -0.650. The van der Waals surface area contributed by atoms with Gasteiger partial charge in [-0.1, -0.05) is 0 Å². The highest BCUT2D eigenvalue weighted by Gasteiger charge is 2.29. The molecule has 1 amide bonds. The lowest BCUT2D eigenvalue weighted by Gasteiger charge is -2.23. The van der Waals surface area contributed by atoms with Crippen molar-refractivity contribution in [3.05, 3.63) is 0 Å². The molecular weight excluding hydrogens is 220 g/mol. The fourth-order valence-corrected chi connectivity index (χ4v) is 2.10. The van der Waals surface area contributed by atoms with Gasteiger partial charge in [-0.2, -0.15) is 0 Å². The van der Waals surface area contributed by atoms with Crippen molar-refractivity contribution < 1.29 is 14.6 Å². The van der Waals surface area contributed by atoms with Crippen LogP contribution >= 0.6 is 0 Å². The van der Waals surface area contributed by atoms with Crippen LogP contribution in [-0.2, 0) is 9.53 Å². The summed E-state index contributed by atoms with van der Waals surface area (Å²) >= 11 is 0. The Morgan fingerprint density at radius 1 is 1.29 bits per heavy atom. The zero-order valence-electron chi connectivity index (χ0n) is 10.2. The molecule has 0 aromatic rings. The van der Waals surface area contributed by atoms with E-state index >= 15 is 0 Å². The second kappa shape index (κ2) is 6.33. The van der Waals surface area contributed by atoms with Crippen LogP contribution in [0.1, 0.15) is 25.7 Å². The molecule has 1 unspecified atom stereocenters. The van der Waals surface area contributed by atoms with Crippen molar-refractivity contribution in [2.75, 3.05) is 26.3 Å². The molecule has 1 saturated carbocycles. The molecule has 1 aliphatic carbocycles. The highest BCUT2D eigenvalue weighted by Crippen LogP contribution is 2.32. The summed E-state index contributed by atoms with van der Waals surface area (Å²) in [6, 6.07) is 0.256. The Bertz CT molecular complexity index is 250. The zero-order chi connectivity index (χ0) is 12.1. The molecular formula is C12H22N2O3. The molecule has 0 radical (unpaired) electrons. The predicted molar refractivity (Wildman–Crippen MR) is 63.6 cm³/mol. The van der Waals surface area contributed by atoms with E-state index in [4.69, 9.17) is 4.74 Å². The SMILES string of the molecule is O=C(CNCC(O)C1CC1)NC1CCOCC1. The Labute approximate surface area is 102 Å². The van der Waals surface area contributed by atoms with Crippen LogP contribution in [-0.4, -0.2) is 49.5 Å². The number of aliphatic hydroxyl groups is 1. The lowest BCUT2D eigenvalue weighted by Crippen LogP contribution is -2.44. The number of aliphatic hydroxyl groups excluding tert-OH is 1. The fraction of sp³-hybridized carbons (Fsp3) is 0.917. The van der Waals surface area contributed by atoms with Crippen LogP contribution in [0.15, 0.2) is 0 Å². The molecule has 0 aromatic heterocycles. The quantitative estimate of drug-likeness (QED) is 0.595. The maximum absolute atomic E-state index is 11.6. The molecule has 0 spiro atoms. The van der Waals surface area contributed by atoms with Crippen molar-refractivity contribution in [1.82, 2.24) is 10.6 Å². The van der Waals surface area contributed by atoms with Gasteiger partial charge in [0.1, 0.15) is 0 Å². The Morgan fingerprint density at radius 3 is 2.65 bits per heavy atom. The number of rotatable bonds is 6. The molecule has 3 N–H and O–H groups in total. The molecule has 2 fully saturated rings. The number of nitrogens with one attached hydrogen (secondary N) is 2. The summed E-state index contributed by atoms with van der Waals surface area (Å²) in [6.45, 7) is 2.28. The van der Waals surface area contributed by atoms with E-state index in [9.17, 15) is 9.90 Å². The molecule has 1 atom stereocenters. The first-order valence-electron chi connectivity index (χ1n) is 6.51. The molecule has 5 nitrogen and oxygen atoms in total. The maximum Gasteiger partial charge on any atom is 0.234 e. The van der Waals surface area contributed by atoms with E-state index in [0.717, 1.165) is 38.9 Å². The van der Waals surface area contributed by atoms with E-state index in [1.165, 1.54) is 0 Å². The van der Waals surface area contributed by atoms with Crippen LogP contribution in [0.4, 0.5) is 0 Å². The molecule has 5 heteroatoms. The van der Waals surface area contributed by atoms with Crippen molar-refractivity contribution in [2.45, 2.75) is 37.8 Å². The van der Waals surface area contributed by atoms with E-state index in [2.05, 4.69) is 10.6 Å². The lowest BCUT2D eigenvalue weighted by atomic mass is 10.1. The van der Waals surface area contributed by atoms with Gasteiger partial charge in [0, 0.05) is 25.8 Å². The lowest BCUT2D eigenvalue weighted by molar-refractivity contribution is -0.121. The smallest absolute Gasteiger partial charge is 0.234 e. The summed E-state index contributed by atoms with van der Waals surface area (Å²) in [7, 11) is 0. The van der Waals surface area contributed by atoms with Gasteiger partial charge in [-0.25, -0.2) is 0 Å². The van der Waals surface area contributed by atoms with E-state index in [-0.39, 0.29) is 18.1 Å². The fourth-order valence-electron chi connectivity index (χ4n) is 2.10. The highest BCUT2D eigenvalue weighted by atomic mass is 16.5. The molecule has 1 saturated heterocycles. The van der Waals surface area contributed by atoms with Gasteiger partial charge in [-0.05, 0) is 31.6 Å². The molecule has 98 valence electrons. The third-order valence-electron chi connectivity index (χ3n) is 3.39. The molecule has 1 heterocycles. The van der Waals surface area contributed by atoms with Crippen LogP contribution < -0.4 is 10.6 Å². The van der Waals surface area contributed by atoms with E-state index in [1.807, 2.05) is 0 Å². The van der Waals surface area contributed by atoms with Gasteiger partial charge < -0.3 is 20.5 Å². The molecule has 1 aliphatic heterocycles.